The Kier molecular flexibility index (Phi) is 3.69. The van der Waals surface area contributed by atoms with Crippen LogP contribution in [0.4, 0.5) is 0 Å². The summed E-state index contributed by atoms with van der Waals surface area (Å²) in [6.07, 6.45) is 2.30. The van der Waals surface area contributed by atoms with E-state index in [1.165, 1.54) is 10.9 Å². The third kappa shape index (κ3) is 2.80. The Morgan fingerprint density at radius 2 is 2.06 bits per heavy atom. The largest absolute Gasteiger partial charge is 0.491 e. The molecule has 1 heterocycles. The van der Waals surface area contributed by atoms with Crippen LogP contribution >= 0.6 is 0 Å². The van der Waals surface area contributed by atoms with Crippen molar-refractivity contribution in [3.63, 3.8) is 0 Å². The standard InChI is InChI=1S/C14H19NO2/c1-11(2)17-13-4-5-14-12(10-13)6-7-15(14)8-9-16-3/h4-7,10-11H,8-9H2,1-3H3. The number of ether oxygens (including phenoxy) is 2. The number of nitrogens with zero attached hydrogens (tertiary/aromatic N) is 1. The summed E-state index contributed by atoms with van der Waals surface area (Å²) in [6, 6.07) is 8.31. The molecule has 0 radical (unpaired) electrons. The van der Waals surface area contributed by atoms with E-state index in [0.717, 1.165) is 18.9 Å². The maximum atomic E-state index is 5.68. The van der Waals surface area contributed by atoms with Crippen molar-refractivity contribution in [2.45, 2.75) is 26.5 Å². The lowest BCUT2D eigenvalue weighted by molar-refractivity contribution is 0.188. The highest BCUT2D eigenvalue weighted by atomic mass is 16.5. The number of methoxy groups -OCH3 is 1. The van der Waals surface area contributed by atoms with Crippen LogP contribution in [-0.4, -0.2) is 24.4 Å². The third-order valence-corrected chi connectivity index (χ3v) is 2.65. The molecular weight excluding hydrogens is 214 g/mol. The van der Waals surface area contributed by atoms with E-state index in [0.29, 0.717) is 0 Å². The number of aromatic nitrogens is 1. The van der Waals surface area contributed by atoms with Gasteiger partial charge in [-0.1, -0.05) is 0 Å². The molecular formula is C14H19NO2. The Balaban J connectivity index is 2.25. The second-order valence-corrected chi connectivity index (χ2v) is 4.39. The molecule has 3 nitrogen and oxygen atoms in total. The van der Waals surface area contributed by atoms with E-state index < -0.39 is 0 Å². The molecule has 92 valence electrons. The summed E-state index contributed by atoms with van der Waals surface area (Å²) < 4.78 is 13.0. The van der Waals surface area contributed by atoms with Crippen LogP contribution in [0, 0.1) is 0 Å². The summed E-state index contributed by atoms with van der Waals surface area (Å²) in [5.41, 5.74) is 1.22. The lowest BCUT2D eigenvalue weighted by Gasteiger charge is -2.10. The molecule has 0 aliphatic heterocycles. The summed E-state index contributed by atoms with van der Waals surface area (Å²) in [5.74, 6) is 0.928. The molecule has 3 heteroatoms. The zero-order chi connectivity index (χ0) is 12.3. The van der Waals surface area contributed by atoms with Gasteiger partial charge in [-0.3, -0.25) is 0 Å². The lowest BCUT2D eigenvalue weighted by Crippen LogP contribution is -2.05. The van der Waals surface area contributed by atoms with Crippen molar-refractivity contribution in [1.29, 1.82) is 0 Å². The Labute approximate surface area is 102 Å². The van der Waals surface area contributed by atoms with Gasteiger partial charge >= 0.3 is 0 Å². The van der Waals surface area contributed by atoms with E-state index in [2.05, 4.69) is 29.0 Å². The second-order valence-electron chi connectivity index (χ2n) is 4.39. The van der Waals surface area contributed by atoms with Crippen LogP contribution in [0.3, 0.4) is 0 Å². The summed E-state index contributed by atoms with van der Waals surface area (Å²) >= 11 is 0. The Hall–Kier alpha value is -1.48. The Bertz CT molecular complexity index is 488. The van der Waals surface area contributed by atoms with Gasteiger partial charge in [-0.2, -0.15) is 0 Å². The molecule has 0 fully saturated rings. The molecule has 17 heavy (non-hydrogen) atoms. The van der Waals surface area contributed by atoms with Crippen LogP contribution in [0.15, 0.2) is 30.5 Å². The average molecular weight is 233 g/mol. The molecule has 0 aliphatic carbocycles. The van der Waals surface area contributed by atoms with Crippen LogP contribution in [0.2, 0.25) is 0 Å². The minimum atomic E-state index is 0.211. The SMILES string of the molecule is COCCn1ccc2cc(OC(C)C)ccc21. The van der Waals surface area contributed by atoms with E-state index in [4.69, 9.17) is 9.47 Å². The minimum absolute atomic E-state index is 0.211. The van der Waals surface area contributed by atoms with E-state index >= 15 is 0 Å². The maximum absolute atomic E-state index is 5.68. The van der Waals surface area contributed by atoms with Crippen LogP contribution < -0.4 is 4.74 Å². The molecule has 0 aliphatic rings. The lowest BCUT2D eigenvalue weighted by atomic mass is 10.2. The molecule has 1 aromatic heterocycles. The fourth-order valence-corrected chi connectivity index (χ4v) is 1.91. The van der Waals surface area contributed by atoms with Crippen molar-refractivity contribution in [2.75, 3.05) is 13.7 Å². The maximum Gasteiger partial charge on any atom is 0.120 e. The van der Waals surface area contributed by atoms with E-state index in [9.17, 15) is 0 Å². The average Bonchev–Trinajstić information content (AvgIpc) is 2.68. The predicted molar refractivity (Wildman–Crippen MR) is 69.6 cm³/mol. The summed E-state index contributed by atoms with van der Waals surface area (Å²) in [4.78, 5) is 0. The number of benzene rings is 1. The fraction of sp³-hybridized carbons (Fsp3) is 0.429. The van der Waals surface area contributed by atoms with Gasteiger partial charge in [-0.25, -0.2) is 0 Å². The van der Waals surface area contributed by atoms with Crippen LogP contribution in [0.1, 0.15) is 13.8 Å². The van der Waals surface area contributed by atoms with Gasteiger partial charge in [0.25, 0.3) is 0 Å². The monoisotopic (exact) mass is 233 g/mol. The van der Waals surface area contributed by atoms with Crippen LogP contribution in [-0.2, 0) is 11.3 Å². The second kappa shape index (κ2) is 5.23. The minimum Gasteiger partial charge on any atom is -0.491 e. The van der Waals surface area contributed by atoms with Gasteiger partial charge in [-0.05, 0) is 38.1 Å². The van der Waals surface area contributed by atoms with Crippen molar-refractivity contribution in [2.24, 2.45) is 0 Å². The topological polar surface area (TPSA) is 23.4 Å². The number of fused-ring (bicyclic) bond motifs is 1. The smallest absolute Gasteiger partial charge is 0.120 e. The predicted octanol–water partition coefficient (Wildman–Crippen LogP) is 3.07. The highest BCUT2D eigenvalue weighted by Gasteiger charge is 2.03. The molecule has 0 unspecified atom stereocenters. The zero-order valence-corrected chi connectivity index (χ0v) is 10.6. The molecule has 0 bridgehead atoms. The molecule has 0 spiro atoms. The van der Waals surface area contributed by atoms with Crippen molar-refractivity contribution >= 4 is 10.9 Å². The van der Waals surface area contributed by atoms with E-state index in [-0.39, 0.29) is 6.10 Å². The van der Waals surface area contributed by atoms with Crippen LogP contribution in [0.25, 0.3) is 10.9 Å². The first kappa shape index (κ1) is 12.0. The molecule has 0 saturated heterocycles. The highest BCUT2D eigenvalue weighted by Crippen LogP contribution is 2.22. The first-order valence-corrected chi connectivity index (χ1v) is 5.95. The molecule has 0 atom stereocenters. The van der Waals surface area contributed by atoms with Crippen molar-refractivity contribution in [3.8, 4) is 5.75 Å². The van der Waals surface area contributed by atoms with Gasteiger partial charge in [0.15, 0.2) is 0 Å². The van der Waals surface area contributed by atoms with Gasteiger partial charge in [0, 0.05) is 30.8 Å². The molecule has 0 amide bonds. The number of rotatable bonds is 5. The van der Waals surface area contributed by atoms with Crippen molar-refractivity contribution < 1.29 is 9.47 Å². The van der Waals surface area contributed by atoms with Gasteiger partial charge in [0.1, 0.15) is 5.75 Å². The first-order chi connectivity index (χ1) is 8.20. The molecule has 2 rings (SSSR count). The summed E-state index contributed by atoms with van der Waals surface area (Å²) in [6.45, 7) is 5.68. The van der Waals surface area contributed by atoms with Crippen molar-refractivity contribution in [1.82, 2.24) is 4.57 Å². The Morgan fingerprint density at radius 1 is 1.24 bits per heavy atom. The Morgan fingerprint density at radius 3 is 2.76 bits per heavy atom. The molecule has 0 N–H and O–H groups in total. The van der Waals surface area contributed by atoms with Gasteiger partial charge in [0.2, 0.25) is 0 Å². The molecule has 1 aromatic carbocycles. The van der Waals surface area contributed by atoms with Crippen LogP contribution in [0.5, 0.6) is 5.75 Å². The van der Waals surface area contributed by atoms with Crippen molar-refractivity contribution in [3.05, 3.63) is 30.5 Å². The molecule has 0 saturated carbocycles. The van der Waals surface area contributed by atoms with E-state index in [1.807, 2.05) is 19.9 Å². The first-order valence-electron chi connectivity index (χ1n) is 5.95. The quantitative estimate of drug-likeness (QED) is 0.792. The summed E-state index contributed by atoms with van der Waals surface area (Å²) in [5, 5.41) is 1.21. The van der Waals surface area contributed by atoms with Gasteiger partial charge < -0.3 is 14.0 Å². The zero-order valence-electron chi connectivity index (χ0n) is 10.6. The molecule has 2 aromatic rings. The summed E-state index contributed by atoms with van der Waals surface area (Å²) in [7, 11) is 1.72. The van der Waals surface area contributed by atoms with E-state index in [1.54, 1.807) is 7.11 Å². The number of hydrogen-bond acceptors (Lipinski definition) is 2. The number of hydrogen-bond donors (Lipinski definition) is 0. The van der Waals surface area contributed by atoms with Gasteiger partial charge in [-0.15, -0.1) is 0 Å². The third-order valence-electron chi connectivity index (χ3n) is 2.65. The highest BCUT2D eigenvalue weighted by molar-refractivity contribution is 5.81. The van der Waals surface area contributed by atoms with Gasteiger partial charge in [0.05, 0.1) is 12.7 Å². The normalized spacial score (nSPS) is 11.3. The fourth-order valence-electron chi connectivity index (χ4n) is 1.91.